The summed E-state index contributed by atoms with van der Waals surface area (Å²) in [7, 11) is 0. The average Bonchev–Trinajstić information content (AvgIpc) is 2.01. The molecule has 13 heavy (non-hydrogen) atoms. The Kier molecular flexibility index (Phi) is 4.40. The molecule has 0 aromatic carbocycles. The van der Waals surface area contributed by atoms with Crippen LogP contribution in [-0.4, -0.2) is 23.2 Å². The maximum absolute atomic E-state index is 11.2. The normalized spacial score (nSPS) is 16.1. The predicted molar refractivity (Wildman–Crippen MR) is 53.4 cm³/mol. The highest BCUT2D eigenvalue weighted by atomic mass is 35.5. The molecule has 0 aliphatic rings. The van der Waals surface area contributed by atoms with Crippen LogP contribution >= 0.6 is 11.6 Å². The zero-order valence-corrected chi connectivity index (χ0v) is 9.18. The van der Waals surface area contributed by atoms with Crippen LogP contribution in [0, 0.1) is 11.3 Å². The minimum Gasteiger partial charge on any atom is -0.460 e. The van der Waals surface area contributed by atoms with E-state index in [0.717, 1.165) is 6.21 Å². The molecule has 2 atom stereocenters. The summed E-state index contributed by atoms with van der Waals surface area (Å²) in [5.41, 5.74) is 0. The molecule has 0 heterocycles. The van der Waals surface area contributed by atoms with E-state index in [2.05, 4.69) is 0 Å². The first kappa shape index (κ1) is 12.4. The van der Waals surface area contributed by atoms with Crippen molar-refractivity contribution in [3.8, 4) is 0 Å². The highest BCUT2D eigenvalue weighted by Gasteiger charge is 2.27. The fourth-order valence-electron chi connectivity index (χ4n) is 0.490. The summed E-state index contributed by atoms with van der Waals surface area (Å²) in [4.78, 5) is 10.6. The SMILES string of the molecule is CC(C=N)C(=O)OC(C)C(C)(C)Cl. The third kappa shape index (κ3) is 4.27. The third-order valence-corrected chi connectivity index (χ3v) is 2.19. The number of hydrogen-bond acceptors (Lipinski definition) is 3. The molecule has 0 aliphatic carbocycles. The monoisotopic (exact) mass is 205 g/mol. The van der Waals surface area contributed by atoms with E-state index in [4.69, 9.17) is 21.7 Å². The number of carbonyl (C=O) groups excluding carboxylic acids is 1. The van der Waals surface area contributed by atoms with Gasteiger partial charge in [0.2, 0.25) is 0 Å². The van der Waals surface area contributed by atoms with Crippen molar-refractivity contribution in [3.63, 3.8) is 0 Å². The maximum atomic E-state index is 11.2. The second kappa shape index (κ2) is 4.61. The molecule has 0 saturated heterocycles. The largest absolute Gasteiger partial charge is 0.460 e. The molecule has 0 amide bonds. The van der Waals surface area contributed by atoms with Gasteiger partial charge < -0.3 is 10.1 Å². The number of alkyl halides is 1. The van der Waals surface area contributed by atoms with Crippen molar-refractivity contribution in [1.82, 2.24) is 0 Å². The van der Waals surface area contributed by atoms with Crippen molar-refractivity contribution in [2.24, 2.45) is 5.92 Å². The summed E-state index contributed by atoms with van der Waals surface area (Å²) in [6.45, 7) is 6.91. The molecule has 76 valence electrons. The zero-order chi connectivity index (χ0) is 10.6. The number of halogens is 1. The topological polar surface area (TPSA) is 50.2 Å². The van der Waals surface area contributed by atoms with Gasteiger partial charge in [0, 0.05) is 6.21 Å². The van der Waals surface area contributed by atoms with Crippen LogP contribution in [0.25, 0.3) is 0 Å². The number of hydrogen-bond donors (Lipinski definition) is 1. The van der Waals surface area contributed by atoms with E-state index in [0.29, 0.717) is 0 Å². The van der Waals surface area contributed by atoms with Gasteiger partial charge in [-0.3, -0.25) is 4.79 Å². The van der Waals surface area contributed by atoms with E-state index in [1.54, 1.807) is 27.7 Å². The summed E-state index contributed by atoms with van der Waals surface area (Å²) in [6.07, 6.45) is 0.695. The van der Waals surface area contributed by atoms with Crippen LogP contribution in [0.3, 0.4) is 0 Å². The molecule has 1 N–H and O–H groups in total. The summed E-state index contributed by atoms with van der Waals surface area (Å²) in [5.74, 6) is -0.905. The lowest BCUT2D eigenvalue weighted by Gasteiger charge is -2.25. The van der Waals surface area contributed by atoms with Gasteiger partial charge in [0.1, 0.15) is 6.10 Å². The van der Waals surface area contributed by atoms with Gasteiger partial charge in [0.05, 0.1) is 10.8 Å². The molecule has 2 unspecified atom stereocenters. The fraction of sp³-hybridized carbons (Fsp3) is 0.778. The van der Waals surface area contributed by atoms with E-state index in [-0.39, 0.29) is 6.10 Å². The predicted octanol–water partition coefficient (Wildman–Crippen LogP) is 2.22. The van der Waals surface area contributed by atoms with Crippen molar-refractivity contribution in [3.05, 3.63) is 0 Å². The van der Waals surface area contributed by atoms with Gasteiger partial charge in [-0.1, -0.05) is 0 Å². The number of carbonyl (C=O) groups is 1. The third-order valence-electron chi connectivity index (χ3n) is 1.88. The van der Waals surface area contributed by atoms with E-state index in [9.17, 15) is 4.79 Å². The van der Waals surface area contributed by atoms with E-state index in [1.165, 1.54) is 0 Å². The Morgan fingerprint density at radius 1 is 1.54 bits per heavy atom. The Balaban J connectivity index is 4.14. The zero-order valence-electron chi connectivity index (χ0n) is 8.43. The van der Waals surface area contributed by atoms with Gasteiger partial charge in [-0.2, -0.15) is 0 Å². The van der Waals surface area contributed by atoms with Gasteiger partial charge in [0.25, 0.3) is 0 Å². The molecular formula is C9H16ClNO2. The molecule has 0 aromatic rings. The summed E-state index contributed by atoms with van der Waals surface area (Å²) in [6, 6.07) is 0. The Hall–Kier alpha value is -0.570. The minimum absolute atomic E-state index is 0.357. The van der Waals surface area contributed by atoms with Gasteiger partial charge >= 0.3 is 5.97 Å². The number of rotatable bonds is 4. The average molecular weight is 206 g/mol. The standard InChI is InChI=1S/C9H16ClNO2/c1-6(5-11)8(12)13-7(2)9(3,4)10/h5-7,11H,1-4H3. The van der Waals surface area contributed by atoms with Crippen molar-refractivity contribution in [2.45, 2.75) is 38.7 Å². The van der Waals surface area contributed by atoms with Crippen LogP contribution in [-0.2, 0) is 9.53 Å². The lowest BCUT2D eigenvalue weighted by molar-refractivity contribution is -0.151. The number of esters is 1. The molecule has 0 aliphatic heterocycles. The van der Waals surface area contributed by atoms with Crippen molar-refractivity contribution >= 4 is 23.8 Å². The van der Waals surface area contributed by atoms with Crippen LogP contribution in [0.2, 0.25) is 0 Å². The van der Waals surface area contributed by atoms with E-state index >= 15 is 0 Å². The Morgan fingerprint density at radius 2 is 2.00 bits per heavy atom. The quantitative estimate of drug-likeness (QED) is 0.435. The molecule has 3 nitrogen and oxygen atoms in total. The van der Waals surface area contributed by atoms with Crippen molar-refractivity contribution in [1.29, 1.82) is 5.41 Å². The van der Waals surface area contributed by atoms with Gasteiger partial charge in [-0.05, 0) is 27.7 Å². The van der Waals surface area contributed by atoms with Crippen molar-refractivity contribution in [2.75, 3.05) is 0 Å². The van der Waals surface area contributed by atoms with Crippen LogP contribution < -0.4 is 0 Å². The van der Waals surface area contributed by atoms with Gasteiger partial charge in [-0.25, -0.2) is 0 Å². The Morgan fingerprint density at radius 3 is 2.31 bits per heavy atom. The number of ether oxygens (including phenoxy) is 1. The Bertz CT molecular complexity index is 198. The summed E-state index contributed by atoms with van der Waals surface area (Å²) in [5, 5.41) is 6.88. The van der Waals surface area contributed by atoms with Crippen LogP contribution in [0.1, 0.15) is 27.7 Å². The molecular weight excluding hydrogens is 190 g/mol. The van der Waals surface area contributed by atoms with Crippen LogP contribution in [0.4, 0.5) is 0 Å². The lowest BCUT2D eigenvalue weighted by Crippen LogP contribution is -2.34. The van der Waals surface area contributed by atoms with Crippen LogP contribution in [0.5, 0.6) is 0 Å². The first-order valence-corrected chi connectivity index (χ1v) is 4.56. The molecule has 0 bridgehead atoms. The van der Waals surface area contributed by atoms with Gasteiger partial charge in [0.15, 0.2) is 0 Å². The smallest absolute Gasteiger partial charge is 0.314 e. The highest BCUT2D eigenvalue weighted by molar-refractivity contribution is 6.23. The lowest BCUT2D eigenvalue weighted by atomic mass is 10.1. The molecule has 0 saturated carbocycles. The second-order valence-corrected chi connectivity index (χ2v) is 4.57. The molecule has 0 rings (SSSR count). The van der Waals surface area contributed by atoms with Gasteiger partial charge in [-0.15, -0.1) is 11.6 Å². The summed E-state index contributed by atoms with van der Waals surface area (Å²) < 4.78 is 5.05. The molecule has 0 aromatic heterocycles. The van der Waals surface area contributed by atoms with Crippen molar-refractivity contribution < 1.29 is 9.53 Å². The first-order valence-electron chi connectivity index (χ1n) is 4.19. The second-order valence-electron chi connectivity index (χ2n) is 3.60. The fourth-order valence-corrected chi connectivity index (χ4v) is 0.534. The van der Waals surface area contributed by atoms with E-state index in [1.807, 2.05) is 0 Å². The highest BCUT2D eigenvalue weighted by Crippen LogP contribution is 2.21. The molecule has 0 radical (unpaired) electrons. The molecule has 0 spiro atoms. The molecule has 0 fully saturated rings. The first-order chi connectivity index (χ1) is 5.79. The summed E-state index contributed by atoms with van der Waals surface area (Å²) >= 11 is 5.94. The minimum atomic E-state index is -0.572. The maximum Gasteiger partial charge on any atom is 0.314 e. The van der Waals surface area contributed by atoms with Crippen LogP contribution in [0.15, 0.2) is 0 Å². The number of nitrogens with one attached hydrogen (secondary N) is 1. The molecule has 4 heteroatoms. The Labute approximate surface area is 83.9 Å². The van der Waals surface area contributed by atoms with E-state index < -0.39 is 16.8 Å².